The van der Waals surface area contributed by atoms with E-state index in [0.29, 0.717) is 24.1 Å². The molecule has 2 rings (SSSR count). The summed E-state index contributed by atoms with van der Waals surface area (Å²) in [5.74, 6) is 0.312. The first-order chi connectivity index (χ1) is 13.3. The molecule has 1 aliphatic carbocycles. The number of pyridine rings is 1. The van der Waals surface area contributed by atoms with Gasteiger partial charge in [0.2, 0.25) is 0 Å². The lowest BCUT2D eigenvalue weighted by Gasteiger charge is -2.44. The van der Waals surface area contributed by atoms with Crippen LogP contribution < -0.4 is 10.8 Å². The van der Waals surface area contributed by atoms with Crippen molar-refractivity contribution in [2.75, 3.05) is 11.9 Å². The fraction of sp³-hybridized carbons (Fsp3) is 0.391. The average molecular weight is 382 g/mol. The van der Waals surface area contributed by atoms with Crippen LogP contribution in [-0.2, 0) is 4.79 Å². The van der Waals surface area contributed by atoms with E-state index in [4.69, 9.17) is 5.21 Å². The van der Waals surface area contributed by atoms with Crippen molar-refractivity contribution in [3.05, 3.63) is 67.1 Å². The second-order valence-corrected chi connectivity index (χ2v) is 7.87. The molecule has 1 heterocycles. The lowest BCUT2D eigenvalue weighted by Crippen LogP contribution is -2.34. The van der Waals surface area contributed by atoms with Crippen molar-refractivity contribution in [3.63, 3.8) is 0 Å². The van der Waals surface area contributed by atoms with Gasteiger partial charge in [0.15, 0.2) is 0 Å². The Bertz CT molecular complexity index is 767. The Balaban J connectivity index is 1.91. The van der Waals surface area contributed by atoms with Crippen LogP contribution in [0.2, 0.25) is 0 Å². The maximum atomic E-state index is 11.0. The second kappa shape index (κ2) is 9.51. The lowest BCUT2D eigenvalue weighted by atomic mass is 9.61. The predicted molar refractivity (Wildman–Crippen MR) is 115 cm³/mol. The van der Waals surface area contributed by atoms with E-state index in [-0.39, 0.29) is 5.41 Å². The summed E-state index contributed by atoms with van der Waals surface area (Å²) in [7, 11) is 0. The molecule has 1 fully saturated rings. The van der Waals surface area contributed by atoms with Crippen LogP contribution in [0.4, 0.5) is 5.69 Å². The molecule has 0 radical (unpaired) electrons. The van der Waals surface area contributed by atoms with Crippen LogP contribution in [0.1, 0.15) is 38.8 Å². The van der Waals surface area contributed by atoms with Crippen LogP contribution >= 0.6 is 0 Å². The Morgan fingerprint density at radius 1 is 1.43 bits per heavy atom. The molecule has 150 valence electrons. The van der Waals surface area contributed by atoms with E-state index in [1.54, 1.807) is 17.7 Å². The third kappa shape index (κ3) is 5.42. The summed E-state index contributed by atoms with van der Waals surface area (Å²) < 4.78 is 0. The number of allylic oxidation sites excluding steroid dienone is 2. The van der Waals surface area contributed by atoms with Gasteiger partial charge >= 0.3 is 0 Å². The number of hydrogen-bond acceptors (Lipinski definition) is 4. The first-order valence-electron chi connectivity index (χ1n) is 9.58. The van der Waals surface area contributed by atoms with Crippen molar-refractivity contribution in [1.82, 2.24) is 10.5 Å². The highest BCUT2D eigenvalue weighted by Gasteiger charge is 2.38. The Morgan fingerprint density at radius 3 is 2.75 bits per heavy atom. The SMILES string of the molecule is C=C[C@]1(C)CC[C@@H](C(=C)CNc2ccc(/C=C/C(=O)NO)nc2)C[C@H]1C(=C)C. The number of amides is 1. The minimum atomic E-state index is -0.589. The molecule has 5 heteroatoms. The molecule has 5 nitrogen and oxygen atoms in total. The molecule has 3 atom stereocenters. The molecule has 0 spiro atoms. The van der Waals surface area contributed by atoms with E-state index in [1.807, 2.05) is 6.07 Å². The van der Waals surface area contributed by atoms with E-state index >= 15 is 0 Å². The molecule has 1 aliphatic rings. The zero-order chi connectivity index (χ0) is 20.7. The molecule has 1 aromatic heterocycles. The zero-order valence-electron chi connectivity index (χ0n) is 16.9. The van der Waals surface area contributed by atoms with Crippen LogP contribution in [0.3, 0.4) is 0 Å². The third-order valence-electron chi connectivity index (χ3n) is 5.81. The standard InChI is InChI=1S/C23H31N3O2/c1-6-23(5)12-11-18(13-21(23)16(2)3)17(4)14-24-20-8-7-19(25-15-20)9-10-22(27)26-28/h6-10,15,18,21,24,28H,1-2,4,11-14H2,3,5H3,(H,26,27)/b10-9+/t18-,21+,23-/m1/s1. The van der Waals surface area contributed by atoms with E-state index in [0.717, 1.165) is 24.9 Å². The first kappa shape index (κ1) is 21.6. The molecular weight excluding hydrogens is 350 g/mol. The van der Waals surface area contributed by atoms with Gasteiger partial charge in [-0.2, -0.15) is 0 Å². The van der Waals surface area contributed by atoms with Crippen LogP contribution in [-0.4, -0.2) is 22.6 Å². The van der Waals surface area contributed by atoms with Crippen molar-refractivity contribution >= 4 is 17.7 Å². The van der Waals surface area contributed by atoms with Crippen LogP contribution in [0.5, 0.6) is 0 Å². The maximum Gasteiger partial charge on any atom is 0.267 e. The van der Waals surface area contributed by atoms with Crippen LogP contribution in [0, 0.1) is 17.3 Å². The highest BCUT2D eigenvalue weighted by Crippen LogP contribution is 2.48. The number of carbonyl (C=O) groups excluding carboxylic acids is 1. The molecule has 0 aromatic carbocycles. The summed E-state index contributed by atoms with van der Waals surface area (Å²) in [6.07, 6.45) is 9.84. The number of hydroxylamine groups is 1. The smallest absolute Gasteiger partial charge is 0.267 e. The molecule has 3 N–H and O–H groups in total. The molecule has 1 aromatic rings. The Kier molecular flexibility index (Phi) is 7.35. The molecule has 28 heavy (non-hydrogen) atoms. The Hall–Kier alpha value is -2.66. The van der Waals surface area contributed by atoms with Gasteiger partial charge in [-0.05, 0) is 61.6 Å². The number of hydrogen-bond donors (Lipinski definition) is 3. The highest BCUT2D eigenvalue weighted by atomic mass is 16.5. The molecule has 0 unspecified atom stereocenters. The Morgan fingerprint density at radius 2 is 2.18 bits per heavy atom. The number of rotatable bonds is 8. The summed E-state index contributed by atoms with van der Waals surface area (Å²) in [5, 5.41) is 11.9. The first-order valence-corrected chi connectivity index (χ1v) is 9.58. The number of anilines is 1. The lowest BCUT2D eigenvalue weighted by molar-refractivity contribution is -0.124. The van der Waals surface area contributed by atoms with Crippen molar-refractivity contribution in [1.29, 1.82) is 0 Å². The summed E-state index contributed by atoms with van der Waals surface area (Å²) in [5.41, 5.74) is 5.61. The van der Waals surface area contributed by atoms with E-state index in [1.165, 1.54) is 23.3 Å². The number of aromatic nitrogens is 1. The number of carbonyl (C=O) groups is 1. The molecule has 0 aliphatic heterocycles. The topological polar surface area (TPSA) is 74.2 Å². The number of nitrogens with zero attached hydrogens (tertiary/aromatic N) is 1. The van der Waals surface area contributed by atoms with Crippen LogP contribution in [0.25, 0.3) is 6.08 Å². The normalized spacial score (nSPS) is 24.5. The summed E-state index contributed by atoms with van der Waals surface area (Å²) in [4.78, 5) is 15.3. The zero-order valence-corrected chi connectivity index (χ0v) is 16.9. The van der Waals surface area contributed by atoms with E-state index in [9.17, 15) is 4.79 Å². The van der Waals surface area contributed by atoms with E-state index < -0.39 is 5.91 Å². The highest BCUT2D eigenvalue weighted by molar-refractivity contribution is 5.90. The fourth-order valence-electron chi connectivity index (χ4n) is 3.88. The molecular formula is C23H31N3O2. The maximum absolute atomic E-state index is 11.0. The van der Waals surface area contributed by atoms with Crippen molar-refractivity contribution < 1.29 is 10.0 Å². The van der Waals surface area contributed by atoms with Gasteiger partial charge in [-0.3, -0.25) is 15.0 Å². The quantitative estimate of drug-likeness (QED) is 0.263. The van der Waals surface area contributed by atoms with Crippen LogP contribution in [0.15, 0.2) is 61.4 Å². The molecule has 0 saturated heterocycles. The minimum absolute atomic E-state index is 0.121. The molecule has 1 amide bonds. The summed E-state index contributed by atoms with van der Waals surface area (Å²) in [6.45, 7) is 17.7. The summed E-state index contributed by atoms with van der Waals surface area (Å²) >= 11 is 0. The largest absolute Gasteiger partial charge is 0.380 e. The van der Waals surface area contributed by atoms with Gasteiger partial charge in [0.25, 0.3) is 5.91 Å². The van der Waals surface area contributed by atoms with Gasteiger partial charge in [-0.25, -0.2) is 5.48 Å². The molecule has 0 bridgehead atoms. The average Bonchev–Trinajstić information content (AvgIpc) is 2.70. The number of nitrogens with one attached hydrogen (secondary N) is 2. The third-order valence-corrected chi connectivity index (χ3v) is 5.81. The van der Waals surface area contributed by atoms with Gasteiger partial charge in [0.05, 0.1) is 17.6 Å². The van der Waals surface area contributed by atoms with Gasteiger partial charge < -0.3 is 5.32 Å². The van der Waals surface area contributed by atoms with Gasteiger partial charge in [-0.15, -0.1) is 6.58 Å². The van der Waals surface area contributed by atoms with Crippen molar-refractivity contribution in [2.24, 2.45) is 17.3 Å². The fourth-order valence-corrected chi connectivity index (χ4v) is 3.88. The van der Waals surface area contributed by atoms with Gasteiger partial charge in [-0.1, -0.05) is 37.3 Å². The van der Waals surface area contributed by atoms with Gasteiger partial charge in [0.1, 0.15) is 0 Å². The van der Waals surface area contributed by atoms with Crippen molar-refractivity contribution in [3.8, 4) is 0 Å². The summed E-state index contributed by atoms with van der Waals surface area (Å²) in [6, 6.07) is 3.71. The van der Waals surface area contributed by atoms with E-state index in [2.05, 4.69) is 50.0 Å². The molecule has 1 saturated carbocycles. The minimum Gasteiger partial charge on any atom is -0.380 e. The monoisotopic (exact) mass is 381 g/mol. The second-order valence-electron chi connectivity index (χ2n) is 7.87. The van der Waals surface area contributed by atoms with Crippen molar-refractivity contribution in [2.45, 2.75) is 33.1 Å². The predicted octanol–water partition coefficient (Wildman–Crippen LogP) is 4.75. The van der Waals surface area contributed by atoms with Gasteiger partial charge in [0, 0.05) is 12.6 Å². The Labute approximate surface area is 167 Å².